The second-order valence-electron chi connectivity index (χ2n) is 4.34. The van der Waals surface area contributed by atoms with Gasteiger partial charge in [-0.25, -0.2) is 0 Å². The first-order chi connectivity index (χ1) is 8.16. The third-order valence-electron chi connectivity index (χ3n) is 3.22. The predicted octanol–water partition coefficient (Wildman–Crippen LogP) is 5.03. The van der Waals surface area contributed by atoms with Gasteiger partial charge in [-0.15, -0.1) is 0 Å². The number of rotatable bonds is 0. The highest BCUT2D eigenvalue weighted by Crippen LogP contribution is 2.36. The summed E-state index contributed by atoms with van der Waals surface area (Å²) >= 11 is 15.0. The van der Waals surface area contributed by atoms with Crippen LogP contribution in [0.25, 0.3) is 10.9 Å². The Morgan fingerprint density at radius 1 is 1.12 bits per heavy atom. The van der Waals surface area contributed by atoms with Gasteiger partial charge in [0.15, 0.2) is 0 Å². The quantitative estimate of drug-likeness (QED) is 0.587. The molecule has 4 heteroatoms. The van der Waals surface area contributed by atoms with Gasteiger partial charge in [-0.2, -0.15) is 0 Å². The number of nitrogens with zero attached hydrogens (tertiary/aromatic N) is 1. The second-order valence-corrected chi connectivity index (χ2v) is 6.37. The molecule has 0 radical (unpaired) electrons. The summed E-state index contributed by atoms with van der Waals surface area (Å²) in [7, 11) is 0. The molecule has 3 rings (SSSR count). The summed E-state index contributed by atoms with van der Waals surface area (Å²) < 4.78 is 1.10. The summed E-state index contributed by atoms with van der Waals surface area (Å²) in [5.74, 6) is 0. The molecule has 1 aromatic carbocycles. The normalized spacial score (nSPS) is 15.0. The van der Waals surface area contributed by atoms with Crippen molar-refractivity contribution in [3.8, 4) is 0 Å². The van der Waals surface area contributed by atoms with E-state index in [1.165, 1.54) is 18.4 Å². The zero-order valence-corrected chi connectivity index (χ0v) is 12.7. The van der Waals surface area contributed by atoms with Crippen LogP contribution in [0.4, 0.5) is 0 Å². The highest BCUT2D eigenvalue weighted by molar-refractivity contribution is 14.1. The van der Waals surface area contributed by atoms with Gasteiger partial charge < -0.3 is 0 Å². The van der Waals surface area contributed by atoms with E-state index in [0.29, 0.717) is 5.02 Å². The Morgan fingerprint density at radius 2 is 1.88 bits per heavy atom. The van der Waals surface area contributed by atoms with Gasteiger partial charge in [0.1, 0.15) is 0 Å². The molecule has 0 saturated carbocycles. The number of benzene rings is 1. The molecule has 0 amide bonds. The van der Waals surface area contributed by atoms with Gasteiger partial charge in [0, 0.05) is 14.7 Å². The molecule has 1 aliphatic rings. The lowest BCUT2D eigenvalue weighted by molar-refractivity contribution is 0.671. The largest absolute Gasteiger partial charge is 0.251 e. The molecule has 0 unspecified atom stereocenters. The van der Waals surface area contributed by atoms with Gasteiger partial charge in [-0.05, 0) is 66.0 Å². The molecule has 1 aromatic heterocycles. The highest BCUT2D eigenvalue weighted by Gasteiger charge is 2.18. The lowest BCUT2D eigenvalue weighted by Crippen LogP contribution is -2.06. The van der Waals surface area contributed by atoms with E-state index in [9.17, 15) is 0 Å². The molecule has 1 nitrogen and oxygen atoms in total. The zero-order valence-electron chi connectivity index (χ0n) is 9.06. The number of halogens is 3. The fourth-order valence-electron chi connectivity index (χ4n) is 2.39. The number of aryl methyl sites for hydroxylation is 1. The molecular weight excluding hydrogens is 368 g/mol. The number of pyridine rings is 1. The van der Waals surface area contributed by atoms with Gasteiger partial charge in [0.05, 0.1) is 15.6 Å². The van der Waals surface area contributed by atoms with Crippen molar-refractivity contribution < 1.29 is 0 Å². The molecular formula is C13H10Cl2IN. The first-order valence-electron chi connectivity index (χ1n) is 5.63. The van der Waals surface area contributed by atoms with Crippen molar-refractivity contribution in [3.05, 3.63) is 37.0 Å². The Hall–Kier alpha value is -0.0600. The van der Waals surface area contributed by atoms with Crippen LogP contribution in [0.15, 0.2) is 12.1 Å². The topological polar surface area (TPSA) is 12.9 Å². The molecule has 1 aliphatic carbocycles. The average molecular weight is 378 g/mol. The Balaban J connectivity index is 2.40. The number of hydrogen-bond acceptors (Lipinski definition) is 1. The number of aromatic nitrogens is 1. The summed E-state index contributed by atoms with van der Waals surface area (Å²) in [4.78, 5) is 4.70. The van der Waals surface area contributed by atoms with Crippen molar-refractivity contribution in [2.24, 2.45) is 0 Å². The SMILES string of the molecule is Clc1c2c(nc3c(Cl)cc(I)cc13)CCCC2. The lowest BCUT2D eigenvalue weighted by Gasteiger charge is -2.18. The molecule has 2 aromatic rings. The first-order valence-corrected chi connectivity index (χ1v) is 7.46. The van der Waals surface area contributed by atoms with E-state index in [1.54, 1.807) is 0 Å². The third kappa shape index (κ3) is 2.04. The van der Waals surface area contributed by atoms with Crippen LogP contribution in [0.3, 0.4) is 0 Å². The minimum atomic E-state index is 0.696. The molecule has 0 bridgehead atoms. The molecule has 0 saturated heterocycles. The van der Waals surface area contributed by atoms with Gasteiger partial charge >= 0.3 is 0 Å². The molecule has 0 spiro atoms. The summed E-state index contributed by atoms with van der Waals surface area (Å²) in [5, 5.41) is 2.54. The van der Waals surface area contributed by atoms with E-state index >= 15 is 0 Å². The van der Waals surface area contributed by atoms with Crippen LogP contribution < -0.4 is 0 Å². The van der Waals surface area contributed by atoms with Crippen molar-refractivity contribution >= 4 is 56.7 Å². The number of fused-ring (bicyclic) bond motifs is 2. The van der Waals surface area contributed by atoms with E-state index in [1.807, 2.05) is 6.07 Å². The van der Waals surface area contributed by atoms with E-state index in [0.717, 1.165) is 38.0 Å². The molecule has 0 aliphatic heterocycles. The van der Waals surface area contributed by atoms with Crippen LogP contribution in [0.5, 0.6) is 0 Å². The van der Waals surface area contributed by atoms with E-state index < -0.39 is 0 Å². The zero-order chi connectivity index (χ0) is 12.0. The van der Waals surface area contributed by atoms with E-state index in [-0.39, 0.29) is 0 Å². The molecule has 0 N–H and O–H groups in total. The lowest BCUT2D eigenvalue weighted by atomic mass is 9.94. The van der Waals surface area contributed by atoms with Crippen molar-refractivity contribution in [2.45, 2.75) is 25.7 Å². The number of hydrogen-bond donors (Lipinski definition) is 0. The fourth-order valence-corrected chi connectivity index (χ4v) is 3.81. The second kappa shape index (κ2) is 4.56. The van der Waals surface area contributed by atoms with Crippen LogP contribution in [-0.2, 0) is 12.8 Å². The maximum absolute atomic E-state index is 6.50. The van der Waals surface area contributed by atoms with Crippen LogP contribution in [0.2, 0.25) is 10.0 Å². The first kappa shape index (κ1) is 12.0. The highest BCUT2D eigenvalue weighted by atomic mass is 127. The van der Waals surface area contributed by atoms with Gasteiger partial charge in [0.2, 0.25) is 0 Å². The Bertz CT molecular complexity index is 610. The van der Waals surface area contributed by atoms with Crippen LogP contribution in [0, 0.1) is 3.57 Å². The fraction of sp³-hybridized carbons (Fsp3) is 0.308. The molecule has 0 atom stereocenters. The molecule has 17 heavy (non-hydrogen) atoms. The van der Waals surface area contributed by atoms with Crippen LogP contribution in [0.1, 0.15) is 24.1 Å². The smallest absolute Gasteiger partial charge is 0.0907 e. The molecule has 88 valence electrons. The maximum atomic E-state index is 6.50. The van der Waals surface area contributed by atoms with E-state index in [4.69, 9.17) is 28.2 Å². The standard InChI is InChI=1S/C13H10Cl2IN/c14-10-6-7(16)5-9-12(15)8-3-1-2-4-11(8)17-13(9)10/h5-6H,1-4H2. The van der Waals surface area contributed by atoms with Crippen LogP contribution in [-0.4, -0.2) is 4.98 Å². The monoisotopic (exact) mass is 377 g/mol. The van der Waals surface area contributed by atoms with E-state index in [2.05, 4.69) is 28.7 Å². The summed E-state index contributed by atoms with van der Waals surface area (Å²) in [6.07, 6.45) is 4.47. The minimum Gasteiger partial charge on any atom is -0.251 e. The minimum absolute atomic E-state index is 0.696. The summed E-state index contributed by atoms with van der Waals surface area (Å²) in [5.41, 5.74) is 3.21. The van der Waals surface area contributed by atoms with Crippen molar-refractivity contribution in [1.29, 1.82) is 0 Å². The Kier molecular flexibility index (Phi) is 3.22. The van der Waals surface area contributed by atoms with Crippen molar-refractivity contribution in [1.82, 2.24) is 4.98 Å². The molecule has 1 heterocycles. The van der Waals surface area contributed by atoms with Crippen molar-refractivity contribution in [3.63, 3.8) is 0 Å². The van der Waals surface area contributed by atoms with Gasteiger partial charge in [-0.1, -0.05) is 23.2 Å². The average Bonchev–Trinajstić information content (AvgIpc) is 2.31. The maximum Gasteiger partial charge on any atom is 0.0907 e. The Morgan fingerprint density at radius 3 is 2.71 bits per heavy atom. The summed E-state index contributed by atoms with van der Waals surface area (Å²) in [6.45, 7) is 0. The predicted molar refractivity (Wildman–Crippen MR) is 81.1 cm³/mol. The van der Waals surface area contributed by atoms with Crippen LogP contribution >= 0.6 is 45.8 Å². The van der Waals surface area contributed by atoms with Gasteiger partial charge in [-0.3, -0.25) is 4.98 Å². The Labute approximate surface area is 124 Å². The summed E-state index contributed by atoms with van der Waals surface area (Å²) in [6, 6.07) is 4.00. The van der Waals surface area contributed by atoms with Crippen molar-refractivity contribution in [2.75, 3.05) is 0 Å². The van der Waals surface area contributed by atoms with Gasteiger partial charge in [0.25, 0.3) is 0 Å². The third-order valence-corrected chi connectivity index (χ3v) is 4.56. The molecule has 0 fully saturated rings.